The Hall–Kier alpha value is -0.790. The Morgan fingerprint density at radius 2 is 2.08 bits per heavy atom. The lowest BCUT2D eigenvalue weighted by atomic mass is 9.76. The largest absolute Gasteiger partial charge is 0.448 e. The summed E-state index contributed by atoms with van der Waals surface area (Å²) >= 11 is 0. The van der Waals surface area contributed by atoms with Crippen LogP contribution in [0.5, 0.6) is 0 Å². The zero-order valence-electron chi connectivity index (χ0n) is 7.55. The van der Waals surface area contributed by atoms with E-state index in [1.807, 2.05) is 0 Å². The lowest BCUT2D eigenvalue weighted by Gasteiger charge is -2.29. The molecule has 0 amide bonds. The summed E-state index contributed by atoms with van der Waals surface area (Å²) < 4.78 is 5.36. The highest BCUT2D eigenvalue weighted by atomic mass is 16.3. The quantitative estimate of drug-likeness (QED) is 0.639. The van der Waals surface area contributed by atoms with Gasteiger partial charge in [-0.1, -0.05) is 26.2 Å². The van der Waals surface area contributed by atoms with E-state index in [1.54, 1.807) is 12.5 Å². The first kappa shape index (κ1) is 7.84. The second-order valence-corrected chi connectivity index (χ2v) is 3.96. The van der Waals surface area contributed by atoms with E-state index in [0.717, 1.165) is 5.89 Å². The van der Waals surface area contributed by atoms with Crippen molar-refractivity contribution in [2.45, 2.75) is 44.4 Å². The van der Waals surface area contributed by atoms with Crippen molar-refractivity contribution in [1.82, 2.24) is 4.98 Å². The fourth-order valence-electron chi connectivity index (χ4n) is 2.07. The molecule has 2 nitrogen and oxygen atoms in total. The van der Waals surface area contributed by atoms with Gasteiger partial charge < -0.3 is 4.42 Å². The van der Waals surface area contributed by atoms with Gasteiger partial charge in [-0.3, -0.25) is 0 Å². The molecule has 1 aromatic heterocycles. The maximum Gasteiger partial charge on any atom is 0.199 e. The zero-order valence-corrected chi connectivity index (χ0v) is 7.55. The van der Waals surface area contributed by atoms with Crippen LogP contribution in [0.1, 0.15) is 44.9 Å². The van der Waals surface area contributed by atoms with E-state index < -0.39 is 0 Å². The van der Waals surface area contributed by atoms with E-state index in [9.17, 15) is 0 Å². The number of aromatic nitrogens is 1. The summed E-state index contributed by atoms with van der Waals surface area (Å²) in [5.74, 6) is 0.933. The van der Waals surface area contributed by atoms with E-state index in [0.29, 0.717) is 0 Å². The van der Waals surface area contributed by atoms with Crippen molar-refractivity contribution in [1.29, 1.82) is 0 Å². The Morgan fingerprint density at radius 3 is 2.67 bits per heavy atom. The molecule has 0 aliphatic heterocycles. The van der Waals surface area contributed by atoms with Crippen molar-refractivity contribution in [3.8, 4) is 0 Å². The van der Waals surface area contributed by atoms with Gasteiger partial charge in [0.2, 0.25) is 0 Å². The van der Waals surface area contributed by atoms with Crippen molar-refractivity contribution < 1.29 is 4.42 Å². The molecule has 0 aromatic carbocycles. The summed E-state index contributed by atoms with van der Waals surface area (Å²) in [5, 5.41) is 0. The summed E-state index contributed by atoms with van der Waals surface area (Å²) in [5.41, 5.74) is 0.224. The second-order valence-electron chi connectivity index (χ2n) is 3.96. The summed E-state index contributed by atoms with van der Waals surface area (Å²) in [6, 6.07) is 0. The molecule has 0 unspecified atom stereocenters. The number of rotatable bonds is 1. The number of hydrogen-bond acceptors (Lipinski definition) is 2. The van der Waals surface area contributed by atoms with E-state index in [4.69, 9.17) is 4.42 Å². The van der Waals surface area contributed by atoms with E-state index in [1.165, 1.54) is 32.1 Å². The fraction of sp³-hybridized carbons (Fsp3) is 0.700. The Morgan fingerprint density at radius 1 is 1.33 bits per heavy atom. The van der Waals surface area contributed by atoms with Crippen LogP contribution in [0.4, 0.5) is 0 Å². The van der Waals surface area contributed by atoms with E-state index in [-0.39, 0.29) is 5.41 Å². The Kier molecular flexibility index (Phi) is 1.91. The zero-order chi connectivity index (χ0) is 8.44. The summed E-state index contributed by atoms with van der Waals surface area (Å²) in [4.78, 5) is 4.24. The lowest BCUT2D eigenvalue weighted by Crippen LogP contribution is -2.25. The molecule has 0 saturated heterocycles. The maximum absolute atomic E-state index is 5.36. The van der Waals surface area contributed by atoms with Gasteiger partial charge in [-0.05, 0) is 12.8 Å². The first-order valence-electron chi connectivity index (χ1n) is 4.71. The van der Waals surface area contributed by atoms with Crippen molar-refractivity contribution in [3.05, 3.63) is 18.4 Å². The van der Waals surface area contributed by atoms with Crippen LogP contribution in [-0.4, -0.2) is 4.98 Å². The molecule has 1 aliphatic carbocycles. The van der Waals surface area contributed by atoms with Gasteiger partial charge >= 0.3 is 0 Å². The molecule has 1 saturated carbocycles. The molecule has 0 N–H and O–H groups in total. The van der Waals surface area contributed by atoms with Crippen LogP contribution in [0.15, 0.2) is 16.9 Å². The van der Waals surface area contributed by atoms with Crippen LogP contribution in [0.25, 0.3) is 0 Å². The number of nitrogens with zero attached hydrogens (tertiary/aromatic N) is 1. The summed E-state index contributed by atoms with van der Waals surface area (Å²) in [7, 11) is 0. The van der Waals surface area contributed by atoms with Gasteiger partial charge in [0.15, 0.2) is 5.89 Å². The molecular formula is C10H15NO. The molecule has 0 radical (unpaired) electrons. The predicted octanol–water partition coefficient (Wildman–Crippen LogP) is 2.90. The molecule has 2 rings (SSSR count). The highest BCUT2D eigenvalue weighted by Crippen LogP contribution is 2.37. The molecule has 66 valence electrons. The van der Waals surface area contributed by atoms with Crippen molar-refractivity contribution in [2.24, 2.45) is 0 Å². The molecule has 2 heteroatoms. The van der Waals surface area contributed by atoms with Gasteiger partial charge in [-0.2, -0.15) is 0 Å². The van der Waals surface area contributed by atoms with Gasteiger partial charge in [0.25, 0.3) is 0 Å². The van der Waals surface area contributed by atoms with E-state index in [2.05, 4.69) is 11.9 Å². The monoisotopic (exact) mass is 165 g/mol. The Balaban J connectivity index is 2.19. The maximum atomic E-state index is 5.36. The van der Waals surface area contributed by atoms with Crippen LogP contribution < -0.4 is 0 Å². The van der Waals surface area contributed by atoms with Gasteiger partial charge in [0.1, 0.15) is 6.26 Å². The molecule has 0 bridgehead atoms. The summed E-state index contributed by atoms with van der Waals surface area (Å²) in [6.45, 7) is 2.26. The number of hydrogen-bond donors (Lipinski definition) is 0. The SMILES string of the molecule is CC1(c2ncco2)CCCCC1. The third kappa shape index (κ3) is 1.26. The highest BCUT2D eigenvalue weighted by Gasteiger charge is 2.32. The number of oxazole rings is 1. The third-order valence-electron chi connectivity index (χ3n) is 2.91. The lowest BCUT2D eigenvalue weighted by molar-refractivity contribution is 0.257. The molecule has 0 atom stereocenters. The molecule has 1 heterocycles. The van der Waals surface area contributed by atoms with Gasteiger partial charge in [0.05, 0.1) is 6.20 Å². The average Bonchev–Trinajstić information content (AvgIpc) is 2.58. The second kappa shape index (κ2) is 2.92. The van der Waals surface area contributed by atoms with Crippen LogP contribution >= 0.6 is 0 Å². The first-order valence-corrected chi connectivity index (χ1v) is 4.71. The van der Waals surface area contributed by atoms with Crippen LogP contribution in [0.2, 0.25) is 0 Å². The molecular weight excluding hydrogens is 150 g/mol. The van der Waals surface area contributed by atoms with Crippen molar-refractivity contribution >= 4 is 0 Å². The molecule has 12 heavy (non-hydrogen) atoms. The van der Waals surface area contributed by atoms with Crippen LogP contribution in [0.3, 0.4) is 0 Å². The third-order valence-corrected chi connectivity index (χ3v) is 2.91. The van der Waals surface area contributed by atoms with Crippen molar-refractivity contribution in [2.75, 3.05) is 0 Å². The fourth-order valence-corrected chi connectivity index (χ4v) is 2.07. The van der Waals surface area contributed by atoms with Crippen LogP contribution in [0, 0.1) is 0 Å². The predicted molar refractivity (Wildman–Crippen MR) is 46.9 cm³/mol. The Labute approximate surface area is 73.0 Å². The minimum absolute atomic E-state index is 0.224. The molecule has 1 aromatic rings. The standard InChI is InChI=1S/C10H15NO/c1-10(5-3-2-4-6-10)9-11-7-8-12-9/h7-8H,2-6H2,1H3. The Bertz CT molecular complexity index is 234. The van der Waals surface area contributed by atoms with Gasteiger partial charge in [-0.15, -0.1) is 0 Å². The van der Waals surface area contributed by atoms with E-state index >= 15 is 0 Å². The topological polar surface area (TPSA) is 26.0 Å². The first-order chi connectivity index (χ1) is 5.81. The molecule has 0 spiro atoms. The summed E-state index contributed by atoms with van der Waals surface area (Å²) in [6.07, 6.45) is 9.89. The smallest absolute Gasteiger partial charge is 0.199 e. The normalized spacial score (nSPS) is 22.4. The minimum atomic E-state index is 0.224. The highest BCUT2D eigenvalue weighted by molar-refractivity contribution is 5.03. The van der Waals surface area contributed by atoms with Gasteiger partial charge in [-0.25, -0.2) is 4.98 Å². The average molecular weight is 165 g/mol. The molecule has 1 fully saturated rings. The van der Waals surface area contributed by atoms with Crippen LogP contribution in [-0.2, 0) is 5.41 Å². The van der Waals surface area contributed by atoms with Gasteiger partial charge in [0, 0.05) is 5.41 Å². The molecule has 1 aliphatic rings. The minimum Gasteiger partial charge on any atom is -0.448 e. The van der Waals surface area contributed by atoms with Crippen molar-refractivity contribution in [3.63, 3.8) is 0 Å².